The van der Waals surface area contributed by atoms with E-state index in [2.05, 4.69) is 36.3 Å². The summed E-state index contributed by atoms with van der Waals surface area (Å²) in [5.41, 5.74) is 6.35. The Kier molecular flexibility index (Phi) is 5.18. The molecule has 1 fully saturated rings. The molecule has 1 aliphatic heterocycles. The van der Waals surface area contributed by atoms with Gasteiger partial charge in [-0.1, -0.05) is 19.9 Å². The van der Waals surface area contributed by atoms with Crippen molar-refractivity contribution in [3.05, 3.63) is 22.4 Å². The van der Waals surface area contributed by atoms with E-state index in [1.807, 2.05) is 11.3 Å². The summed E-state index contributed by atoms with van der Waals surface area (Å²) in [4.78, 5) is 3.90. The van der Waals surface area contributed by atoms with Gasteiger partial charge in [0.25, 0.3) is 0 Å². The van der Waals surface area contributed by atoms with E-state index in [4.69, 9.17) is 10.5 Å². The maximum atomic E-state index is 6.35. The van der Waals surface area contributed by atoms with Crippen LogP contribution < -0.4 is 5.73 Å². The van der Waals surface area contributed by atoms with E-state index in [9.17, 15) is 0 Å². The molecule has 18 heavy (non-hydrogen) atoms. The third-order valence-corrected chi connectivity index (χ3v) is 4.67. The van der Waals surface area contributed by atoms with Crippen LogP contribution in [0.4, 0.5) is 0 Å². The summed E-state index contributed by atoms with van der Waals surface area (Å²) in [6, 6.07) is 4.89. The van der Waals surface area contributed by atoms with Gasteiger partial charge < -0.3 is 10.5 Å². The highest BCUT2D eigenvalue weighted by molar-refractivity contribution is 7.10. The van der Waals surface area contributed by atoms with Crippen molar-refractivity contribution in [2.45, 2.75) is 44.9 Å². The Balaban J connectivity index is 2.13. The molecule has 0 aromatic carbocycles. The first kappa shape index (κ1) is 14.0. The highest BCUT2D eigenvalue weighted by atomic mass is 32.1. The van der Waals surface area contributed by atoms with Gasteiger partial charge in [-0.05, 0) is 24.3 Å². The number of ether oxygens (including phenoxy) is 1. The maximum absolute atomic E-state index is 6.35. The molecule has 2 N–H and O–H groups in total. The smallest absolute Gasteiger partial charge is 0.0700 e. The van der Waals surface area contributed by atoms with Crippen LogP contribution in [0.3, 0.4) is 0 Å². The topological polar surface area (TPSA) is 38.5 Å². The number of rotatable bonds is 5. The lowest BCUT2D eigenvalue weighted by Gasteiger charge is -2.40. The molecule has 0 amide bonds. The standard InChI is InChI=1S/C14H24N2OS/c1-3-11-10-16(7-8-17-11)14(12(15)4-2)13-6-5-9-18-13/h5-6,9,11-12,14H,3-4,7-8,10,15H2,1-2H3. The van der Waals surface area contributed by atoms with Crippen LogP contribution in [-0.4, -0.2) is 36.7 Å². The monoisotopic (exact) mass is 268 g/mol. The Morgan fingerprint density at radius 3 is 3.00 bits per heavy atom. The molecule has 1 aromatic heterocycles. The Morgan fingerprint density at radius 2 is 2.39 bits per heavy atom. The quantitative estimate of drug-likeness (QED) is 0.892. The molecule has 3 nitrogen and oxygen atoms in total. The number of nitrogens with zero attached hydrogens (tertiary/aromatic N) is 1. The van der Waals surface area contributed by atoms with Gasteiger partial charge in [0.1, 0.15) is 0 Å². The first-order chi connectivity index (χ1) is 8.76. The molecular formula is C14H24N2OS. The fourth-order valence-corrected chi connectivity index (χ4v) is 3.52. The predicted molar refractivity (Wildman–Crippen MR) is 76.9 cm³/mol. The van der Waals surface area contributed by atoms with Crippen molar-refractivity contribution in [2.75, 3.05) is 19.7 Å². The maximum Gasteiger partial charge on any atom is 0.0700 e. The minimum Gasteiger partial charge on any atom is -0.376 e. The van der Waals surface area contributed by atoms with E-state index in [1.165, 1.54) is 4.88 Å². The molecule has 2 heterocycles. The van der Waals surface area contributed by atoms with Crippen LogP contribution in [-0.2, 0) is 4.74 Å². The number of thiophene rings is 1. The van der Waals surface area contributed by atoms with Crippen molar-refractivity contribution in [2.24, 2.45) is 5.73 Å². The highest BCUT2D eigenvalue weighted by Crippen LogP contribution is 2.30. The second-order valence-corrected chi connectivity index (χ2v) is 5.91. The zero-order valence-electron chi connectivity index (χ0n) is 11.3. The van der Waals surface area contributed by atoms with Gasteiger partial charge in [0.2, 0.25) is 0 Å². The Hall–Kier alpha value is -0.420. The van der Waals surface area contributed by atoms with Crippen LogP contribution in [0.5, 0.6) is 0 Å². The number of nitrogens with two attached hydrogens (primary N) is 1. The van der Waals surface area contributed by atoms with Crippen LogP contribution >= 0.6 is 11.3 Å². The van der Waals surface area contributed by atoms with Gasteiger partial charge in [0.15, 0.2) is 0 Å². The van der Waals surface area contributed by atoms with Gasteiger partial charge in [0, 0.05) is 24.0 Å². The van der Waals surface area contributed by atoms with Crippen LogP contribution in [0, 0.1) is 0 Å². The molecular weight excluding hydrogens is 244 g/mol. The first-order valence-corrected chi connectivity index (χ1v) is 7.78. The Morgan fingerprint density at radius 1 is 1.56 bits per heavy atom. The van der Waals surface area contributed by atoms with Gasteiger partial charge in [-0.2, -0.15) is 0 Å². The van der Waals surface area contributed by atoms with Crippen molar-refractivity contribution in [3.8, 4) is 0 Å². The van der Waals surface area contributed by atoms with Crippen molar-refractivity contribution < 1.29 is 4.74 Å². The van der Waals surface area contributed by atoms with Gasteiger partial charge in [-0.15, -0.1) is 11.3 Å². The fraction of sp³-hybridized carbons (Fsp3) is 0.714. The number of morpholine rings is 1. The first-order valence-electron chi connectivity index (χ1n) is 6.90. The molecule has 1 saturated heterocycles. The minimum atomic E-state index is 0.208. The van der Waals surface area contributed by atoms with E-state index in [0.29, 0.717) is 12.1 Å². The molecule has 0 spiro atoms. The zero-order valence-corrected chi connectivity index (χ0v) is 12.2. The molecule has 0 saturated carbocycles. The summed E-state index contributed by atoms with van der Waals surface area (Å²) < 4.78 is 5.76. The largest absolute Gasteiger partial charge is 0.376 e. The average molecular weight is 268 g/mol. The SMILES string of the molecule is CCC1CN(C(c2cccs2)C(N)CC)CCO1. The molecule has 0 aliphatic carbocycles. The highest BCUT2D eigenvalue weighted by Gasteiger charge is 2.30. The third-order valence-electron chi connectivity index (χ3n) is 3.73. The van der Waals surface area contributed by atoms with Crippen LogP contribution in [0.2, 0.25) is 0 Å². The second-order valence-electron chi connectivity index (χ2n) is 4.93. The summed E-state index contributed by atoms with van der Waals surface area (Å²) in [7, 11) is 0. The predicted octanol–water partition coefficient (Wildman–Crippen LogP) is 2.64. The Labute approximate surface area is 114 Å². The van der Waals surface area contributed by atoms with Gasteiger partial charge in [-0.25, -0.2) is 0 Å². The molecule has 0 radical (unpaired) electrons. The lowest BCUT2D eigenvalue weighted by molar-refractivity contribution is -0.0481. The molecule has 3 unspecified atom stereocenters. The molecule has 4 heteroatoms. The zero-order chi connectivity index (χ0) is 13.0. The van der Waals surface area contributed by atoms with Gasteiger partial charge in [0.05, 0.1) is 18.8 Å². The number of hydrogen-bond acceptors (Lipinski definition) is 4. The van der Waals surface area contributed by atoms with E-state index in [1.54, 1.807) is 0 Å². The summed E-state index contributed by atoms with van der Waals surface area (Å²) in [5.74, 6) is 0. The average Bonchev–Trinajstić information content (AvgIpc) is 2.93. The molecule has 0 bridgehead atoms. The fourth-order valence-electron chi connectivity index (χ4n) is 2.59. The lowest BCUT2D eigenvalue weighted by atomic mass is 10.0. The molecule has 2 rings (SSSR count). The Bertz CT molecular complexity index is 342. The lowest BCUT2D eigenvalue weighted by Crippen LogP contribution is -2.48. The van der Waals surface area contributed by atoms with Crippen LogP contribution in [0.25, 0.3) is 0 Å². The van der Waals surface area contributed by atoms with Crippen molar-refractivity contribution in [1.29, 1.82) is 0 Å². The van der Waals surface area contributed by atoms with Gasteiger partial charge in [-0.3, -0.25) is 4.90 Å². The van der Waals surface area contributed by atoms with Crippen molar-refractivity contribution in [3.63, 3.8) is 0 Å². The van der Waals surface area contributed by atoms with Crippen LogP contribution in [0.1, 0.15) is 37.6 Å². The minimum absolute atomic E-state index is 0.208. The molecule has 1 aliphatic rings. The van der Waals surface area contributed by atoms with E-state index in [-0.39, 0.29) is 6.04 Å². The molecule has 102 valence electrons. The summed E-state index contributed by atoms with van der Waals surface area (Å²) >= 11 is 1.81. The summed E-state index contributed by atoms with van der Waals surface area (Å²) in [5, 5.41) is 2.14. The van der Waals surface area contributed by atoms with Crippen molar-refractivity contribution >= 4 is 11.3 Å². The molecule has 1 aromatic rings. The summed E-state index contributed by atoms with van der Waals surface area (Å²) in [6.45, 7) is 7.19. The van der Waals surface area contributed by atoms with Crippen LogP contribution in [0.15, 0.2) is 17.5 Å². The second kappa shape index (κ2) is 6.66. The normalized spacial score (nSPS) is 24.9. The van der Waals surface area contributed by atoms with E-state index >= 15 is 0 Å². The summed E-state index contributed by atoms with van der Waals surface area (Å²) in [6.07, 6.45) is 2.46. The van der Waals surface area contributed by atoms with E-state index < -0.39 is 0 Å². The molecule has 3 atom stereocenters. The third kappa shape index (κ3) is 3.12. The van der Waals surface area contributed by atoms with Crippen molar-refractivity contribution in [1.82, 2.24) is 4.90 Å². The van der Waals surface area contributed by atoms with Gasteiger partial charge >= 0.3 is 0 Å². The number of hydrogen-bond donors (Lipinski definition) is 1. The van der Waals surface area contributed by atoms with E-state index in [0.717, 1.165) is 32.5 Å².